The summed E-state index contributed by atoms with van der Waals surface area (Å²) in [5.74, 6) is -0.896. The Morgan fingerprint density at radius 3 is 2.71 bits per heavy atom. The van der Waals surface area contributed by atoms with Crippen LogP contribution in [0.1, 0.15) is 6.42 Å². The van der Waals surface area contributed by atoms with Gasteiger partial charge in [0.25, 0.3) is 0 Å². The van der Waals surface area contributed by atoms with Gasteiger partial charge in [0.15, 0.2) is 0 Å². The molecule has 0 atom stereocenters. The minimum Gasteiger partial charge on any atom is -0.493 e. The summed E-state index contributed by atoms with van der Waals surface area (Å²) < 4.78 is 31.1. The van der Waals surface area contributed by atoms with Crippen LogP contribution >= 0.6 is 0 Å². The first-order chi connectivity index (χ1) is 10.0. The molecule has 2 rings (SSSR count). The highest BCUT2D eigenvalue weighted by Gasteiger charge is 2.05. The van der Waals surface area contributed by atoms with Crippen molar-refractivity contribution in [2.24, 2.45) is 0 Å². The average molecular weight is 292 g/mol. The average Bonchev–Trinajstić information content (AvgIpc) is 2.43. The molecular weight excluding hydrogens is 278 g/mol. The molecule has 1 amide bonds. The standard InChI is InChI=1S/C15H14F2N2O2/c16-10-2-1-3-12(8-10)21-7-6-15(20)19-11-4-5-13(17)14(18)9-11/h1-5,8-9H,6-7,18H2,(H,19,20). The van der Waals surface area contributed by atoms with Crippen LogP contribution < -0.4 is 15.8 Å². The molecule has 2 aromatic carbocycles. The molecule has 2 aromatic rings. The van der Waals surface area contributed by atoms with Crippen LogP contribution in [0.5, 0.6) is 5.75 Å². The number of benzene rings is 2. The van der Waals surface area contributed by atoms with Gasteiger partial charge in [-0.05, 0) is 30.3 Å². The van der Waals surface area contributed by atoms with Gasteiger partial charge < -0.3 is 15.8 Å². The lowest BCUT2D eigenvalue weighted by molar-refractivity contribution is -0.116. The van der Waals surface area contributed by atoms with E-state index in [1.165, 1.54) is 36.4 Å². The van der Waals surface area contributed by atoms with Crippen LogP contribution in [0.15, 0.2) is 42.5 Å². The topological polar surface area (TPSA) is 64.3 Å². The minimum absolute atomic E-state index is 0.0381. The van der Waals surface area contributed by atoms with E-state index in [1.54, 1.807) is 6.07 Å². The molecule has 0 saturated carbocycles. The Kier molecular flexibility index (Phi) is 4.71. The van der Waals surface area contributed by atoms with Crippen LogP contribution in [-0.4, -0.2) is 12.5 Å². The number of nitrogens with one attached hydrogen (secondary N) is 1. The molecule has 4 nitrogen and oxygen atoms in total. The van der Waals surface area contributed by atoms with Crippen LogP contribution in [0.2, 0.25) is 0 Å². The van der Waals surface area contributed by atoms with Gasteiger partial charge in [0, 0.05) is 11.8 Å². The van der Waals surface area contributed by atoms with Gasteiger partial charge in [-0.3, -0.25) is 4.79 Å². The summed E-state index contributed by atoms with van der Waals surface area (Å²) in [6, 6.07) is 9.58. The van der Waals surface area contributed by atoms with E-state index < -0.39 is 11.6 Å². The molecule has 3 N–H and O–H groups in total. The third kappa shape index (κ3) is 4.45. The number of ether oxygens (including phenoxy) is 1. The zero-order chi connectivity index (χ0) is 15.2. The van der Waals surface area contributed by atoms with E-state index in [1.807, 2.05) is 0 Å². The van der Waals surface area contributed by atoms with Gasteiger partial charge in [0.05, 0.1) is 18.7 Å². The van der Waals surface area contributed by atoms with Gasteiger partial charge in [0.1, 0.15) is 17.4 Å². The molecule has 0 bridgehead atoms. The van der Waals surface area contributed by atoms with Crippen molar-refractivity contribution in [3.63, 3.8) is 0 Å². The van der Waals surface area contributed by atoms with E-state index in [-0.39, 0.29) is 24.6 Å². The first-order valence-corrected chi connectivity index (χ1v) is 6.28. The molecule has 21 heavy (non-hydrogen) atoms. The van der Waals surface area contributed by atoms with Crippen molar-refractivity contribution in [1.29, 1.82) is 0 Å². The summed E-state index contributed by atoms with van der Waals surface area (Å²) in [7, 11) is 0. The number of hydrogen-bond acceptors (Lipinski definition) is 3. The van der Waals surface area contributed by atoms with E-state index in [0.717, 1.165) is 0 Å². The molecule has 0 saturated heterocycles. The number of hydrogen-bond donors (Lipinski definition) is 2. The maximum atomic E-state index is 13.0. The number of carbonyl (C=O) groups excluding carboxylic acids is 1. The maximum absolute atomic E-state index is 13.0. The van der Waals surface area contributed by atoms with E-state index in [9.17, 15) is 13.6 Å². The summed E-state index contributed by atoms with van der Waals surface area (Å²) in [4.78, 5) is 11.7. The molecule has 0 radical (unpaired) electrons. The summed E-state index contributed by atoms with van der Waals surface area (Å²) in [6.45, 7) is 0.103. The van der Waals surface area contributed by atoms with Crippen LogP contribution in [0.25, 0.3) is 0 Å². The molecule has 6 heteroatoms. The number of amides is 1. The van der Waals surface area contributed by atoms with Crippen molar-refractivity contribution in [1.82, 2.24) is 0 Å². The van der Waals surface area contributed by atoms with Crippen molar-refractivity contribution in [3.8, 4) is 5.75 Å². The normalized spacial score (nSPS) is 10.2. The first-order valence-electron chi connectivity index (χ1n) is 6.28. The van der Waals surface area contributed by atoms with Crippen LogP contribution in [0.4, 0.5) is 20.2 Å². The fourth-order valence-corrected chi connectivity index (χ4v) is 1.66. The van der Waals surface area contributed by atoms with Crippen molar-refractivity contribution < 1.29 is 18.3 Å². The number of carbonyl (C=O) groups is 1. The Hall–Kier alpha value is -2.63. The smallest absolute Gasteiger partial charge is 0.227 e. The zero-order valence-corrected chi connectivity index (χ0v) is 11.1. The molecule has 0 aromatic heterocycles. The Morgan fingerprint density at radius 1 is 1.19 bits per heavy atom. The van der Waals surface area contributed by atoms with Gasteiger partial charge in [-0.2, -0.15) is 0 Å². The summed E-state index contributed by atoms with van der Waals surface area (Å²) in [5.41, 5.74) is 5.77. The van der Waals surface area contributed by atoms with E-state index in [0.29, 0.717) is 11.4 Å². The molecule has 0 aliphatic heterocycles. The zero-order valence-electron chi connectivity index (χ0n) is 11.1. The van der Waals surface area contributed by atoms with Crippen molar-refractivity contribution >= 4 is 17.3 Å². The summed E-state index contributed by atoms with van der Waals surface area (Å²) >= 11 is 0. The molecule has 0 spiro atoms. The Bertz CT molecular complexity index is 647. The number of anilines is 2. The lowest BCUT2D eigenvalue weighted by Gasteiger charge is -2.08. The van der Waals surface area contributed by atoms with Crippen molar-refractivity contribution in [2.75, 3.05) is 17.7 Å². The second-order valence-corrected chi connectivity index (χ2v) is 4.34. The molecule has 0 fully saturated rings. The minimum atomic E-state index is -0.539. The monoisotopic (exact) mass is 292 g/mol. The maximum Gasteiger partial charge on any atom is 0.227 e. The second-order valence-electron chi connectivity index (χ2n) is 4.34. The molecule has 110 valence electrons. The Balaban J connectivity index is 1.81. The number of nitrogen functional groups attached to an aromatic ring is 1. The van der Waals surface area contributed by atoms with Crippen molar-refractivity contribution in [3.05, 3.63) is 54.1 Å². The largest absolute Gasteiger partial charge is 0.493 e. The van der Waals surface area contributed by atoms with Crippen LogP contribution in [0, 0.1) is 11.6 Å². The molecule has 0 aliphatic rings. The predicted octanol–water partition coefficient (Wildman–Crippen LogP) is 2.95. The lowest BCUT2D eigenvalue weighted by Crippen LogP contribution is -2.15. The molecular formula is C15H14F2N2O2. The molecule has 0 aliphatic carbocycles. The fraction of sp³-hybridized carbons (Fsp3) is 0.133. The van der Waals surface area contributed by atoms with E-state index in [4.69, 9.17) is 10.5 Å². The van der Waals surface area contributed by atoms with Crippen molar-refractivity contribution in [2.45, 2.75) is 6.42 Å². The third-order valence-corrected chi connectivity index (χ3v) is 2.67. The van der Waals surface area contributed by atoms with Gasteiger partial charge in [-0.1, -0.05) is 6.07 Å². The van der Waals surface area contributed by atoms with Gasteiger partial charge in [0.2, 0.25) is 5.91 Å². The fourth-order valence-electron chi connectivity index (χ4n) is 1.66. The Labute approximate surface area is 120 Å². The summed E-state index contributed by atoms with van der Waals surface area (Å²) in [5, 5.41) is 2.57. The SMILES string of the molecule is Nc1cc(NC(=O)CCOc2cccc(F)c2)ccc1F. The Morgan fingerprint density at radius 2 is 2.00 bits per heavy atom. The van der Waals surface area contributed by atoms with E-state index >= 15 is 0 Å². The number of halogens is 2. The van der Waals surface area contributed by atoms with Gasteiger partial charge in [-0.25, -0.2) is 8.78 Å². The quantitative estimate of drug-likeness (QED) is 0.833. The highest BCUT2D eigenvalue weighted by Crippen LogP contribution is 2.16. The van der Waals surface area contributed by atoms with Crippen LogP contribution in [0.3, 0.4) is 0 Å². The molecule has 0 heterocycles. The third-order valence-electron chi connectivity index (χ3n) is 2.67. The van der Waals surface area contributed by atoms with Gasteiger partial charge in [-0.15, -0.1) is 0 Å². The van der Waals surface area contributed by atoms with E-state index in [2.05, 4.69) is 5.32 Å². The van der Waals surface area contributed by atoms with Gasteiger partial charge >= 0.3 is 0 Å². The molecule has 0 unspecified atom stereocenters. The first kappa shape index (κ1) is 14.8. The second kappa shape index (κ2) is 6.69. The predicted molar refractivity (Wildman–Crippen MR) is 76.0 cm³/mol. The van der Waals surface area contributed by atoms with Crippen LogP contribution in [-0.2, 0) is 4.79 Å². The lowest BCUT2D eigenvalue weighted by atomic mass is 10.2. The number of nitrogens with two attached hydrogens (primary N) is 1. The highest BCUT2D eigenvalue weighted by molar-refractivity contribution is 5.91. The number of rotatable bonds is 5. The summed E-state index contributed by atoms with van der Waals surface area (Å²) in [6.07, 6.45) is 0.0772. The highest BCUT2D eigenvalue weighted by atomic mass is 19.1.